The van der Waals surface area contributed by atoms with Gasteiger partial charge in [-0.15, -0.1) is 0 Å². The van der Waals surface area contributed by atoms with Gasteiger partial charge in [0.25, 0.3) is 10.0 Å². The number of benzene rings is 2. The van der Waals surface area contributed by atoms with E-state index >= 15 is 0 Å². The molecule has 0 aliphatic carbocycles. The lowest BCUT2D eigenvalue weighted by Crippen LogP contribution is -2.13. The molecule has 2 aromatic rings. The molecule has 0 aliphatic heterocycles. The summed E-state index contributed by atoms with van der Waals surface area (Å²) in [6, 6.07) is 11.3. The molecule has 0 bridgehead atoms. The fourth-order valence-electron chi connectivity index (χ4n) is 1.73. The van der Waals surface area contributed by atoms with Crippen molar-refractivity contribution in [1.29, 1.82) is 5.26 Å². The molecule has 21 heavy (non-hydrogen) atoms. The van der Waals surface area contributed by atoms with Crippen molar-refractivity contribution < 1.29 is 12.8 Å². The van der Waals surface area contributed by atoms with Crippen molar-refractivity contribution in [1.82, 2.24) is 0 Å². The summed E-state index contributed by atoms with van der Waals surface area (Å²) < 4.78 is 40.0. The molecule has 7 heteroatoms. The minimum atomic E-state index is -3.90. The largest absolute Gasteiger partial charge is 0.326 e. The van der Waals surface area contributed by atoms with Crippen LogP contribution in [0.25, 0.3) is 0 Å². The van der Waals surface area contributed by atoms with Crippen LogP contribution in [0.4, 0.5) is 10.1 Å². The van der Waals surface area contributed by atoms with Gasteiger partial charge >= 0.3 is 0 Å². The highest BCUT2D eigenvalue weighted by atomic mass is 32.2. The van der Waals surface area contributed by atoms with E-state index in [1.54, 1.807) is 30.3 Å². The minimum absolute atomic E-state index is 0.182. The second kappa shape index (κ2) is 5.91. The maximum Gasteiger partial charge on any atom is 0.261 e. The number of halogens is 1. The Balaban J connectivity index is 2.36. The number of anilines is 1. The molecular formula is C14H12FN3O2S. The van der Waals surface area contributed by atoms with Crippen LogP contribution in [-0.2, 0) is 16.6 Å². The number of rotatable bonds is 4. The average molecular weight is 305 g/mol. The first kappa shape index (κ1) is 15.0. The van der Waals surface area contributed by atoms with Crippen LogP contribution in [0.5, 0.6) is 0 Å². The van der Waals surface area contributed by atoms with Crippen molar-refractivity contribution in [2.75, 3.05) is 4.72 Å². The molecule has 2 rings (SSSR count). The molecule has 0 spiro atoms. The zero-order chi connectivity index (χ0) is 15.5. The molecule has 0 radical (unpaired) electrons. The minimum Gasteiger partial charge on any atom is -0.326 e. The molecule has 0 fully saturated rings. The maximum absolute atomic E-state index is 13.2. The van der Waals surface area contributed by atoms with Crippen LogP contribution in [0.15, 0.2) is 47.4 Å². The number of nitrogens with zero attached hydrogens (tertiary/aromatic N) is 1. The van der Waals surface area contributed by atoms with Crippen molar-refractivity contribution >= 4 is 15.7 Å². The van der Waals surface area contributed by atoms with Crippen LogP contribution >= 0.6 is 0 Å². The van der Waals surface area contributed by atoms with E-state index in [1.165, 1.54) is 0 Å². The van der Waals surface area contributed by atoms with Gasteiger partial charge in [-0.25, -0.2) is 12.8 Å². The van der Waals surface area contributed by atoms with Crippen LogP contribution < -0.4 is 10.5 Å². The Morgan fingerprint density at radius 1 is 1.24 bits per heavy atom. The summed E-state index contributed by atoms with van der Waals surface area (Å²) in [6.07, 6.45) is 0. The van der Waals surface area contributed by atoms with E-state index in [9.17, 15) is 12.8 Å². The van der Waals surface area contributed by atoms with Crippen molar-refractivity contribution in [3.63, 3.8) is 0 Å². The second-order valence-corrected chi connectivity index (χ2v) is 5.95. The molecule has 2 aromatic carbocycles. The molecule has 0 amide bonds. The molecule has 0 heterocycles. The van der Waals surface area contributed by atoms with E-state index in [4.69, 9.17) is 11.0 Å². The summed E-state index contributed by atoms with van der Waals surface area (Å²) in [5.74, 6) is -0.762. The summed E-state index contributed by atoms with van der Waals surface area (Å²) in [4.78, 5) is -0.182. The SMILES string of the molecule is N#Cc1cc(S(=O)(=O)Nc2cccc(CN)c2)ccc1F. The topological polar surface area (TPSA) is 96.0 Å². The van der Waals surface area contributed by atoms with E-state index in [0.29, 0.717) is 5.69 Å². The fraction of sp³-hybridized carbons (Fsp3) is 0.0714. The Kier molecular flexibility index (Phi) is 4.21. The molecular weight excluding hydrogens is 293 g/mol. The first-order chi connectivity index (χ1) is 9.96. The summed E-state index contributed by atoms with van der Waals surface area (Å²) in [5.41, 5.74) is 6.29. The predicted octanol–water partition coefficient (Wildman–Crippen LogP) is 1.96. The third kappa shape index (κ3) is 3.37. The quantitative estimate of drug-likeness (QED) is 0.902. The fourth-order valence-corrected chi connectivity index (χ4v) is 2.81. The molecule has 0 aliphatic rings. The van der Waals surface area contributed by atoms with E-state index in [-0.39, 0.29) is 17.0 Å². The van der Waals surface area contributed by atoms with Crippen molar-refractivity contribution in [3.8, 4) is 6.07 Å². The predicted molar refractivity (Wildman–Crippen MR) is 76.3 cm³/mol. The number of hydrogen-bond donors (Lipinski definition) is 2. The highest BCUT2D eigenvalue weighted by Crippen LogP contribution is 2.19. The van der Waals surface area contributed by atoms with Gasteiger partial charge in [0.2, 0.25) is 0 Å². The highest BCUT2D eigenvalue weighted by molar-refractivity contribution is 7.92. The molecule has 0 saturated heterocycles. The zero-order valence-corrected chi connectivity index (χ0v) is 11.7. The molecule has 108 valence electrons. The summed E-state index contributed by atoms with van der Waals surface area (Å²) >= 11 is 0. The molecule has 0 aromatic heterocycles. The van der Waals surface area contributed by atoms with Gasteiger partial charge in [-0.1, -0.05) is 12.1 Å². The Morgan fingerprint density at radius 3 is 2.67 bits per heavy atom. The van der Waals surface area contributed by atoms with Gasteiger partial charge in [0, 0.05) is 12.2 Å². The Morgan fingerprint density at radius 2 is 2.00 bits per heavy atom. The summed E-state index contributed by atoms with van der Waals surface area (Å²) in [5, 5.41) is 8.75. The van der Waals surface area contributed by atoms with Gasteiger partial charge in [-0.05, 0) is 35.9 Å². The molecule has 0 atom stereocenters. The average Bonchev–Trinajstić information content (AvgIpc) is 2.47. The van der Waals surface area contributed by atoms with Crippen molar-refractivity contribution in [2.45, 2.75) is 11.4 Å². The summed E-state index contributed by atoms with van der Waals surface area (Å²) in [7, 11) is -3.90. The van der Waals surface area contributed by atoms with Crippen LogP contribution in [0.1, 0.15) is 11.1 Å². The first-order valence-corrected chi connectivity index (χ1v) is 7.46. The third-order valence-electron chi connectivity index (χ3n) is 2.78. The van der Waals surface area contributed by atoms with Crippen molar-refractivity contribution in [3.05, 3.63) is 59.4 Å². The Hall–Kier alpha value is -2.43. The number of nitrogens with one attached hydrogen (secondary N) is 1. The van der Waals surface area contributed by atoms with Gasteiger partial charge < -0.3 is 5.73 Å². The maximum atomic E-state index is 13.2. The lowest BCUT2D eigenvalue weighted by molar-refractivity contribution is 0.599. The molecule has 0 saturated carbocycles. The van der Waals surface area contributed by atoms with E-state index in [2.05, 4.69) is 4.72 Å². The number of sulfonamides is 1. The first-order valence-electron chi connectivity index (χ1n) is 5.98. The van der Waals surface area contributed by atoms with E-state index in [0.717, 1.165) is 23.8 Å². The van der Waals surface area contributed by atoms with Gasteiger partial charge in [0.05, 0.1) is 10.5 Å². The monoisotopic (exact) mass is 305 g/mol. The van der Waals surface area contributed by atoms with Crippen LogP contribution in [-0.4, -0.2) is 8.42 Å². The Bertz CT molecular complexity index is 813. The standard InChI is InChI=1S/C14H12FN3O2S/c15-14-5-4-13(7-11(14)9-17)21(19,20)18-12-3-1-2-10(6-12)8-16/h1-7,18H,8,16H2. The van der Waals surface area contributed by atoms with Crippen LogP contribution in [0.2, 0.25) is 0 Å². The number of nitriles is 1. The zero-order valence-electron chi connectivity index (χ0n) is 10.9. The lowest BCUT2D eigenvalue weighted by atomic mass is 10.2. The van der Waals surface area contributed by atoms with Gasteiger partial charge in [-0.3, -0.25) is 4.72 Å². The van der Waals surface area contributed by atoms with Crippen LogP contribution in [0.3, 0.4) is 0 Å². The smallest absolute Gasteiger partial charge is 0.261 e. The third-order valence-corrected chi connectivity index (χ3v) is 4.16. The molecule has 0 unspecified atom stereocenters. The normalized spacial score (nSPS) is 10.9. The number of nitrogens with two attached hydrogens (primary N) is 1. The summed E-state index contributed by atoms with van der Waals surface area (Å²) in [6.45, 7) is 0.282. The van der Waals surface area contributed by atoms with Gasteiger partial charge in [-0.2, -0.15) is 5.26 Å². The Labute approximate surface area is 121 Å². The van der Waals surface area contributed by atoms with Crippen LogP contribution in [0, 0.1) is 17.1 Å². The molecule has 5 nitrogen and oxygen atoms in total. The van der Waals surface area contributed by atoms with E-state index in [1.807, 2.05) is 0 Å². The van der Waals surface area contributed by atoms with Gasteiger partial charge in [0.1, 0.15) is 11.9 Å². The van der Waals surface area contributed by atoms with Crippen molar-refractivity contribution in [2.24, 2.45) is 5.73 Å². The number of hydrogen-bond acceptors (Lipinski definition) is 4. The lowest BCUT2D eigenvalue weighted by Gasteiger charge is -2.09. The van der Waals surface area contributed by atoms with Gasteiger partial charge in [0.15, 0.2) is 0 Å². The second-order valence-electron chi connectivity index (χ2n) is 4.26. The van der Waals surface area contributed by atoms with E-state index < -0.39 is 15.8 Å². The molecule has 3 N–H and O–H groups in total. The highest BCUT2D eigenvalue weighted by Gasteiger charge is 2.16.